The quantitative estimate of drug-likeness (QED) is 0.849. The van der Waals surface area contributed by atoms with Crippen molar-refractivity contribution in [3.05, 3.63) is 57.7 Å². The van der Waals surface area contributed by atoms with Crippen LogP contribution in [0.15, 0.2) is 41.0 Å². The molecule has 0 radical (unpaired) electrons. The number of rotatable bonds is 3. The average molecular weight is 305 g/mol. The summed E-state index contributed by atoms with van der Waals surface area (Å²) >= 11 is 3.48. The maximum Gasteiger partial charge on any atom is 0.128 e. The molecule has 0 bridgehead atoms. The van der Waals surface area contributed by atoms with Crippen LogP contribution < -0.4 is 4.90 Å². The molecule has 0 saturated heterocycles. The molecule has 0 unspecified atom stereocenters. The van der Waals surface area contributed by atoms with Crippen molar-refractivity contribution in [2.75, 3.05) is 11.9 Å². The fraction of sp³-hybridized carbons (Fsp3) is 0.267. The van der Waals surface area contributed by atoms with E-state index < -0.39 is 0 Å². The molecule has 2 rings (SSSR count). The molecule has 3 heteroatoms. The van der Waals surface area contributed by atoms with E-state index in [2.05, 4.69) is 77.0 Å². The van der Waals surface area contributed by atoms with Gasteiger partial charge in [-0.2, -0.15) is 0 Å². The highest BCUT2D eigenvalue weighted by Gasteiger charge is 2.06. The first-order chi connectivity index (χ1) is 8.58. The van der Waals surface area contributed by atoms with Gasteiger partial charge >= 0.3 is 0 Å². The Bertz CT molecular complexity index is 552. The molecule has 0 atom stereocenters. The second-order valence-electron chi connectivity index (χ2n) is 4.57. The molecule has 0 aliphatic rings. The maximum absolute atomic E-state index is 4.44. The van der Waals surface area contributed by atoms with Crippen molar-refractivity contribution in [3.8, 4) is 0 Å². The first-order valence-electron chi connectivity index (χ1n) is 5.95. The number of hydrogen-bond acceptors (Lipinski definition) is 2. The second kappa shape index (κ2) is 5.53. The van der Waals surface area contributed by atoms with Crippen LogP contribution in [-0.4, -0.2) is 12.0 Å². The zero-order valence-corrected chi connectivity index (χ0v) is 12.5. The highest BCUT2D eigenvalue weighted by atomic mass is 79.9. The molecule has 18 heavy (non-hydrogen) atoms. The van der Waals surface area contributed by atoms with Crippen LogP contribution in [0.1, 0.15) is 16.7 Å². The predicted molar refractivity (Wildman–Crippen MR) is 80.0 cm³/mol. The van der Waals surface area contributed by atoms with Gasteiger partial charge in [0.2, 0.25) is 0 Å². The van der Waals surface area contributed by atoms with E-state index in [-0.39, 0.29) is 0 Å². The van der Waals surface area contributed by atoms with Crippen LogP contribution in [0.4, 0.5) is 5.82 Å². The monoisotopic (exact) mass is 304 g/mol. The highest BCUT2D eigenvalue weighted by Crippen LogP contribution is 2.21. The smallest absolute Gasteiger partial charge is 0.128 e. The molecule has 1 aromatic heterocycles. The molecule has 2 nitrogen and oxygen atoms in total. The Morgan fingerprint density at radius 2 is 1.89 bits per heavy atom. The van der Waals surface area contributed by atoms with Crippen LogP contribution >= 0.6 is 15.9 Å². The molecule has 1 aromatic carbocycles. The lowest BCUT2D eigenvalue weighted by molar-refractivity contribution is 0.888. The predicted octanol–water partition coefficient (Wildman–Crippen LogP) is 4.10. The molecule has 0 saturated carbocycles. The maximum atomic E-state index is 4.44. The third-order valence-corrected chi connectivity index (χ3v) is 3.92. The van der Waals surface area contributed by atoms with Crippen molar-refractivity contribution in [2.45, 2.75) is 20.4 Å². The minimum atomic E-state index is 0.876. The third-order valence-electron chi connectivity index (χ3n) is 3.09. The van der Waals surface area contributed by atoms with Crippen LogP contribution in [0.5, 0.6) is 0 Å². The molecule has 0 aliphatic carbocycles. The van der Waals surface area contributed by atoms with Gasteiger partial charge in [0.15, 0.2) is 0 Å². The van der Waals surface area contributed by atoms with E-state index in [0.717, 1.165) is 16.8 Å². The highest BCUT2D eigenvalue weighted by molar-refractivity contribution is 9.10. The van der Waals surface area contributed by atoms with Crippen molar-refractivity contribution in [2.24, 2.45) is 0 Å². The van der Waals surface area contributed by atoms with Crippen molar-refractivity contribution in [3.63, 3.8) is 0 Å². The summed E-state index contributed by atoms with van der Waals surface area (Å²) in [7, 11) is 2.07. The Morgan fingerprint density at radius 1 is 1.17 bits per heavy atom. The summed E-state index contributed by atoms with van der Waals surface area (Å²) in [4.78, 5) is 6.61. The summed E-state index contributed by atoms with van der Waals surface area (Å²) in [5.41, 5.74) is 3.86. The lowest BCUT2D eigenvalue weighted by Crippen LogP contribution is -2.18. The Kier molecular flexibility index (Phi) is 4.02. The Hall–Kier alpha value is -1.35. The van der Waals surface area contributed by atoms with Gasteiger partial charge in [-0.05, 0) is 52.5 Å². The van der Waals surface area contributed by atoms with Crippen LogP contribution in [0, 0.1) is 13.8 Å². The largest absolute Gasteiger partial charge is 0.355 e. The molecule has 1 heterocycles. The van der Waals surface area contributed by atoms with Crippen molar-refractivity contribution in [1.29, 1.82) is 0 Å². The van der Waals surface area contributed by atoms with Gasteiger partial charge in [-0.15, -0.1) is 0 Å². The SMILES string of the molecule is Cc1cc(N(C)Cc2ccccc2C)ncc1Br. The van der Waals surface area contributed by atoms with E-state index in [0.29, 0.717) is 0 Å². The Balaban J connectivity index is 2.19. The average Bonchev–Trinajstić information content (AvgIpc) is 2.35. The lowest BCUT2D eigenvalue weighted by Gasteiger charge is -2.20. The summed E-state index contributed by atoms with van der Waals surface area (Å²) in [6.45, 7) is 5.10. The van der Waals surface area contributed by atoms with Crippen LogP contribution in [-0.2, 0) is 6.54 Å². The Labute approximate surface area is 117 Å². The topological polar surface area (TPSA) is 16.1 Å². The fourth-order valence-electron chi connectivity index (χ4n) is 1.86. The number of pyridine rings is 1. The normalized spacial score (nSPS) is 10.4. The number of halogens is 1. The summed E-state index contributed by atoms with van der Waals surface area (Å²) in [5.74, 6) is 0.999. The molecule has 0 N–H and O–H groups in total. The first-order valence-corrected chi connectivity index (χ1v) is 6.75. The van der Waals surface area contributed by atoms with Crippen molar-refractivity contribution >= 4 is 21.7 Å². The van der Waals surface area contributed by atoms with Crippen LogP contribution in [0.3, 0.4) is 0 Å². The zero-order chi connectivity index (χ0) is 13.1. The van der Waals surface area contributed by atoms with Gasteiger partial charge in [-0.25, -0.2) is 4.98 Å². The number of benzene rings is 1. The molecule has 0 fully saturated rings. The molecular formula is C15H17BrN2. The van der Waals surface area contributed by atoms with E-state index >= 15 is 0 Å². The van der Waals surface area contributed by atoms with Gasteiger partial charge < -0.3 is 4.90 Å². The van der Waals surface area contributed by atoms with Gasteiger partial charge in [0.05, 0.1) is 0 Å². The second-order valence-corrected chi connectivity index (χ2v) is 5.43. The van der Waals surface area contributed by atoms with Gasteiger partial charge in [0.25, 0.3) is 0 Å². The number of anilines is 1. The molecule has 0 spiro atoms. The summed E-state index contributed by atoms with van der Waals surface area (Å²) in [6, 6.07) is 10.6. The molecule has 0 amide bonds. The van der Waals surface area contributed by atoms with Crippen LogP contribution in [0.25, 0.3) is 0 Å². The van der Waals surface area contributed by atoms with E-state index in [1.807, 2.05) is 6.20 Å². The van der Waals surface area contributed by atoms with Gasteiger partial charge in [0, 0.05) is 24.3 Å². The number of nitrogens with zero attached hydrogens (tertiary/aromatic N) is 2. The molecule has 94 valence electrons. The molecule has 0 aliphatic heterocycles. The molecule has 2 aromatic rings. The fourth-order valence-corrected chi connectivity index (χ4v) is 2.07. The lowest BCUT2D eigenvalue weighted by atomic mass is 10.1. The van der Waals surface area contributed by atoms with Gasteiger partial charge in [0.1, 0.15) is 5.82 Å². The number of aryl methyl sites for hydroxylation is 2. The van der Waals surface area contributed by atoms with Crippen LogP contribution in [0.2, 0.25) is 0 Å². The van der Waals surface area contributed by atoms with Crippen molar-refractivity contribution in [1.82, 2.24) is 4.98 Å². The summed E-state index contributed by atoms with van der Waals surface area (Å²) < 4.78 is 1.05. The van der Waals surface area contributed by atoms with E-state index in [1.165, 1.54) is 16.7 Å². The van der Waals surface area contributed by atoms with Gasteiger partial charge in [-0.3, -0.25) is 0 Å². The van der Waals surface area contributed by atoms with E-state index in [4.69, 9.17) is 0 Å². The summed E-state index contributed by atoms with van der Waals surface area (Å²) in [5, 5.41) is 0. The first kappa shape index (κ1) is 13.1. The zero-order valence-electron chi connectivity index (χ0n) is 10.9. The number of aromatic nitrogens is 1. The standard InChI is InChI=1S/C15H17BrN2/c1-11-6-4-5-7-13(11)10-18(3)15-8-12(2)14(16)9-17-15/h4-9H,10H2,1-3H3. The minimum absolute atomic E-state index is 0.876. The van der Waals surface area contributed by atoms with E-state index in [9.17, 15) is 0 Å². The van der Waals surface area contributed by atoms with Crippen molar-refractivity contribution < 1.29 is 0 Å². The Morgan fingerprint density at radius 3 is 2.56 bits per heavy atom. The number of hydrogen-bond donors (Lipinski definition) is 0. The molecular weight excluding hydrogens is 288 g/mol. The third kappa shape index (κ3) is 2.91. The minimum Gasteiger partial charge on any atom is -0.355 e. The van der Waals surface area contributed by atoms with E-state index in [1.54, 1.807) is 0 Å². The summed E-state index contributed by atoms with van der Waals surface area (Å²) in [6.07, 6.45) is 1.86. The van der Waals surface area contributed by atoms with Gasteiger partial charge in [-0.1, -0.05) is 24.3 Å².